The third kappa shape index (κ3) is 11.1. The summed E-state index contributed by atoms with van der Waals surface area (Å²) in [5.74, 6) is -2.74. The number of aliphatic hydroxyl groups is 2. The maximum Gasteiger partial charge on any atom is 0.309 e. The molecule has 0 fully saturated rings. The molecule has 146 valence electrons. The van der Waals surface area contributed by atoms with Crippen molar-refractivity contribution < 1.29 is 24.9 Å². The number of carboxylic acid groups (broad SMARTS) is 1. The molecule has 10 heteroatoms. The normalized spacial score (nSPS) is 16.2. The van der Waals surface area contributed by atoms with Crippen LogP contribution in [0.4, 0.5) is 0 Å². The summed E-state index contributed by atoms with van der Waals surface area (Å²) in [4.78, 5) is 22.7. The predicted molar refractivity (Wildman–Crippen MR) is 97.6 cm³/mol. The molecule has 25 heavy (non-hydrogen) atoms. The van der Waals surface area contributed by atoms with Crippen molar-refractivity contribution >= 4 is 29.0 Å². The van der Waals surface area contributed by atoms with E-state index in [-0.39, 0.29) is 18.8 Å². The van der Waals surface area contributed by atoms with Crippen molar-refractivity contribution in [3.8, 4) is 0 Å². The fourth-order valence-corrected chi connectivity index (χ4v) is 2.67. The molecule has 8 N–H and O–H groups in total. The van der Waals surface area contributed by atoms with Gasteiger partial charge in [0, 0.05) is 32.6 Å². The van der Waals surface area contributed by atoms with E-state index in [0.717, 1.165) is 0 Å². The highest BCUT2D eigenvalue weighted by Gasteiger charge is 2.22. The number of carbonyl (C=O) groups is 2. The van der Waals surface area contributed by atoms with Gasteiger partial charge in [-0.1, -0.05) is 12.2 Å². The van der Waals surface area contributed by atoms with Gasteiger partial charge in [-0.25, -0.2) is 5.01 Å². The maximum atomic E-state index is 11.2. The van der Waals surface area contributed by atoms with E-state index in [1.165, 1.54) is 0 Å². The number of hydrazine groups is 1. The lowest BCUT2D eigenvalue weighted by molar-refractivity contribution is -0.142. The van der Waals surface area contributed by atoms with E-state index in [4.69, 9.17) is 33.9 Å². The van der Waals surface area contributed by atoms with E-state index in [2.05, 4.69) is 5.43 Å². The molecule has 1 unspecified atom stereocenters. The van der Waals surface area contributed by atoms with Crippen LogP contribution < -0.4 is 16.9 Å². The Morgan fingerprint density at radius 3 is 2.32 bits per heavy atom. The van der Waals surface area contributed by atoms with E-state index in [1.807, 2.05) is 0 Å². The number of rotatable bonds is 14. The Bertz CT molecular complexity index is 450. The first-order valence-corrected chi connectivity index (χ1v) is 8.49. The van der Waals surface area contributed by atoms with Gasteiger partial charge in [-0.15, -0.1) is 0 Å². The van der Waals surface area contributed by atoms with Crippen LogP contribution in [0.1, 0.15) is 26.2 Å². The largest absolute Gasteiger partial charge is 0.481 e. The lowest BCUT2D eigenvalue weighted by Crippen LogP contribution is -2.48. The fourth-order valence-electron chi connectivity index (χ4n) is 2.23. The van der Waals surface area contributed by atoms with Crippen LogP contribution in [-0.2, 0) is 9.59 Å². The van der Waals surface area contributed by atoms with Gasteiger partial charge < -0.3 is 26.8 Å². The average molecular weight is 378 g/mol. The molecule has 0 aromatic heterocycles. The van der Waals surface area contributed by atoms with Gasteiger partial charge in [0.25, 0.3) is 0 Å². The zero-order valence-electron chi connectivity index (χ0n) is 14.7. The molecule has 0 saturated carbocycles. The second-order valence-corrected chi connectivity index (χ2v) is 6.93. The SMILES string of the molecule is CC(O)[C@@H](N)CN(C)NC[C@@H](CC(N)=O)CC(=S)C[C@H](CO)C(=O)O. The Morgan fingerprint density at radius 1 is 1.28 bits per heavy atom. The molecule has 0 bridgehead atoms. The molecule has 4 atom stereocenters. The summed E-state index contributed by atoms with van der Waals surface area (Å²) in [6.45, 7) is 1.90. The Kier molecular flexibility index (Phi) is 11.7. The molecule has 0 aliphatic carbocycles. The summed E-state index contributed by atoms with van der Waals surface area (Å²) in [5.41, 5.74) is 14.1. The van der Waals surface area contributed by atoms with Crippen molar-refractivity contribution in [1.29, 1.82) is 0 Å². The van der Waals surface area contributed by atoms with Crippen LogP contribution in [0.5, 0.6) is 0 Å². The van der Waals surface area contributed by atoms with Crippen molar-refractivity contribution in [2.45, 2.75) is 38.3 Å². The molecular weight excluding hydrogens is 348 g/mol. The molecule has 0 rings (SSSR count). The van der Waals surface area contributed by atoms with Gasteiger partial charge >= 0.3 is 5.97 Å². The number of hydrogen-bond donors (Lipinski definition) is 6. The summed E-state index contributed by atoms with van der Waals surface area (Å²) in [6.07, 6.45) is -0.144. The van der Waals surface area contributed by atoms with Crippen molar-refractivity contribution in [3.63, 3.8) is 0 Å². The van der Waals surface area contributed by atoms with Crippen LogP contribution in [0.15, 0.2) is 0 Å². The molecule has 0 spiro atoms. The van der Waals surface area contributed by atoms with Crippen LogP contribution in [-0.4, -0.2) is 76.0 Å². The number of aliphatic hydroxyl groups excluding tert-OH is 2. The number of carbonyl (C=O) groups excluding carboxylic acids is 1. The quantitative estimate of drug-likeness (QED) is 0.155. The summed E-state index contributed by atoms with van der Waals surface area (Å²) >= 11 is 5.21. The van der Waals surface area contributed by atoms with Crippen LogP contribution in [0.25, 0.3) is 0 Å². The third-order valence-corrected chi connectivity index (χ3v) is 4.14. The highest BCUT2D eigenvalue weighted by molar-refractivity contribution is 7.80. The molecule has 0 aromatic rings. The number of nitrogens with one attached hydrogen (secondary N) is 1. The lowest BCUT2D eigenvalue weighted by atomic mass is 9.94. The van der Waals surface area contributed by atoms with Crippen LogP contribution in [0, 0.1) is 11.8 Å². The molecule has 1 amide bonds. The zero-order valence-corrected chi connectivity index (χ0v) is 15.5. The first-order valence-electron chi connectivity index (χ1n) is 8.08. The minimum absolute atomic E-state index is 0.0686. The molecule has 0 heterocycles. The number of aliphatic carboxylic acids is 1. The van der Waals surface area contributed by atoms with Gasteiger partial charge in [0.1, 0.15) is 0 Å². The molecular formula is C15H30N4O5S. The van der Waals surface area contributed by atoms with E-state index >= 15 is 0 Å². The van der Waals surface area contributed by atoms with Crippen LogP contribution >= 0.6 is 12.2 Å². The number of carboxylic acids is 1. The van der Waals surface area contributed by atoms with Gasteiger partial charge in [0.2, 0.25) is 5.91 Å². The molecule has 0 aliphatic heterocycles. The van der Waals surface area contributed by atoms with E-state index < -0.39 is 36.5 Å². The molecule has 0 saturated heterocycles. The van der Waals surface area contributed by atoms with Gasteiger partial charge in [-0.3, -0.25) is 15.0 Å². The smallest absolute Gasteiger partial charge is 0.309 e. The summed E-state index contributed by atoms with van der Waals surface area (Å²) in [7, 11) is 1.76. The first kappa shape index (κ1) is 23.8. The van der Waals surface area contributed by atoms with E-state index in [9.17, 15) is 14.7 Å². The number of hydrogen-bond acceptors (Lipinski definition) is 8. The second kappa shape index (κ2) is 12.2. The van der Waals surface area contributed by atoms with Gasteiger partial charge in [0.05, 0.1) is 18.6 Å². The van der Waals surface area contributed by atoms with Crippen LogP contribution in [0.3, 0.4) is 0 Å². The minimum atomic E-state index is -1.11. The maximum absolute atomic E-state index is 11.2. The van der Waals surface area contributed by atoms with Crippen molar-refractivity contribution in [2.75, 3.05) is 26.7 Å². The standard InChI is InChI=1S/C15H30N4O5S/c1-9(21)13(16)7-19(2)18-6-10(4-14(17)22)3-12(25)5-11(8-20)15(23)24/h9-11,13,18,20-21H,3-8,16H2,1-2H3,(H2,17,22)(H,23,24)/t9?,10-,11-,13+/m1/s1. The van der Waals surface area contributed by atoms with E-state index in [1.54, 1.807) is 19.0 Å². The third-order valence-electron chi connectivity index (χ3n) is 3.80. The molecule has 0 radical (unpaired) electrons. The zero-order chi connectivity index (χ0) is 19.6. The predicted octanol–water partition coefficient (Wildman–Crippen LogP) is -1.53. The highest BCUT2D eigenvalue weighted by Crippen LogP contribution is 2.15. The second-order valence-electron chi connectivity index (χ2n) is 6.35. The highest BCUT2D eigenvalue weighted by atomic mass is 32.1. The average Bonchev–Trinajstić information content (AvgIpc) is 2.49. The van der Waals surface area contributed by atoms with Crippen LogP contribution in [0.2, 0.25) is 0 Å². The Balaban J connectivity index is 4.56. The molecule has 0 aliphatic rings. The first-order chi connectivity index (χ1) is 11.6. The number of nitrogens with two attached hydrogens (primary N) is 2. The van der Waals surface area contributed by atoms with Gasteiger partial charge in [0.15, 0.2) is 0 Å². The van der Waals surface area contributed by atoms with Gasteiger partial charge in [-0.05, 0) is 30.5 Å². The minimum Gasteiger partial charge on any atom is -0.481 e. The van der Waals surface area contributed by atoms with Crippen molar-refractivity contribution in [2.24, 2.45) is 23.3 Å². The topological polar surface area (TPSA) is 162 Å². The van der Waals surface area contributed by atoms with Crippen molar-refractivity contribution in [1.82, 2.24) is 10.4 Å². The van der Waals surface area contributed by atoms with E-state index in [0.29, 0.717) is 24.4 Å². The number of thiocarbonyl (C=S) groups is 1. The summed E-state index contributed by atoms with van der Waals surface area (Å²) in [5, 5.41) is 29.1. The van der Waals surface area contributed by atoms with Crippen molar-refractivity contribution in [3.05, 3.63) is 0 Å². The molecule has 0 aromatic carbocycles. The van der Waals surface area contributed by atoms with Gasteiger partial charge in [-0.2, -0.15) is 0 Å². The number of amides is 1. The Labute approximate surface area is 153 Å². The number of likely N-dealkylation sites (N-methyl/N-ethyl adjacent to an activating group) is 1. The summed E-state index contributed by atoms with van der Waals surface area (Å²) in [6, 6.07) is -0.422. The Morgan fingerprint density at radius 2 is 1.88 bits per heavy atom. The lowest BCUT2D eigenvalue weighted by Gasteiger charge is -2.26. The Hall–Kier alpha value is -1.17. The summed E-state index contributed by atoms with van der Waals surface area (Å²) < 4.78 is 0. The number of nitrogens with zero attached hydrogens (tertiary/aromatic N) is 1. The molecule has 9 nitrogen and oxygen atoms in total. The number of primary amides is 1. The fraction of sp³-hybridized carbons (Fsp3) is 0.800. The monoisotopic (exact) mass is 378 g/mol.